The second-order valence-corrected chi connectivity index (χ2v) is 6.22. The van der Waals surface area contributed by atoms with E-state index in [4.69, 9.17) is 4.74 Å². The number of carbonyl (C=O) groups is 2. The lowest BCUT2D eigenvalue weighted by Gasteiger charge is -2.25. The molecule has 3 rings (SSSR count). The van der Waals surface area contributed by atoms with E-state index in [9.17, 15) is 14.0 Å². The molecule has 0 radical (unpaired) electrons. The minimum atomic E-state index is -0.657. The van der Waals surface area contributed by atoms with Gasteiger partial charge in [-0.25, -0.2) is 4.39 Å². The van der Waals surface area contributed by atoms with Crippen LogP contribution in [0.15, 0.2) is 42.5 Å². The van der Waals surface area contributed by atoms with E-state index in [2.05, 4.69) is 10.6 Å². The van der Waals surface area contributed by atoms with Crippen molar-refractivity contribution in [2.45, 2.75) is 32.3 Å². The van der Waals surface area contributed by atoms with Gasteiger partial charge in [0.2, 0.25) is 11.8 Å². The van der Waals surface area contributed by atoms with Gasteiger partial charge >= 0.3 is 0 Å². The van der Waals surface area contributed by atoms with Gasteiger partial charge in [0.05, 0.1) is 12.0 Å². The van der Waals surface area contributed by atoms with E-state index in [-0.39, 0.29) is 24.3 Å². The first kappa shape index (κ1) is 17.0. The van der Waals surface area contributed by atoms with Crippen LogP contribution in [0.1, 0.15) is 31.7 Å². The van der Waals surface area contributed by atoms with E-state index in [1.54, 1.807) is 24.3 Å². The van der Waals surface area contributed by atoms with Crippen molar-refractivity contribution in [3.8, 4) is 5.75 Å². The number of amides is 2. The van der Waals surface area contributed by atoms with Crippen LogP contribution in [0.2, 0.25) is 0 Å². The van der Waals surface area contributed by atoms with Gasteiger partial charge in [-0.05, 0) is 55.8 Å². The highest BCUT2D eigenvalue weighted by molar-refractivity contribution is 6.05. The van der Waals surface area contributed by atoms with Gasteiger partial charge < -0.3 is 15.4 Å². The summed E-state index contributed by atoms with van der Waals surface area (Å²) < 4.78 is 18.9. The second-order valence-electron chi connectivity index (χ2n) is 6.22. The quantitative estimate of drug-likeness (QED) is 0.891. The second kappa shape index (κ2) is 6.93. The molecule has 1 aliphatic heterocycles. The first-order chi connectivity index (χ1) is 11.9. The van der Waals surface area contributed by atoms with Gasteiger partial charge in [0.15, 0.2) is 0 Å². The lowest BCUT2D eigenvalue weighted by Crippen LogP contribution is -2.30. The monoisotopic (exact) mass is 342 g/mol. The number of benzene rings is 2. The summed E-state index contributed by atoms with van der Waals surface area (Å²) in [5.41, 5.74) is 1.56. The molecule has 0 spiro atoms. The molecule has 0 bridgehead atoms. The molecule has 2 aromatic rings. The van der Waals surface area contributed by atoms with Crippen LogP contribution in [0.25, 0.3) is 0 Å². The molecule has 2 aromatic carbocycles. The molecular formula is C19H19FN2O3. The first-order valence-corrected chi connectivity index (χ1v) is 8.09. The molecule has 1 unspecified atom stereocenters. The SMILES string of the molecule is CC(C)Oc1ccc(NC(=O)C2CC(=O)Nc3cc(F)ccc32)cc1. The number of carbonyl (C=O) groups excluding carboxylic acids is 2. The van der Waals surface area contributed by atoms with Crippen LogP contribution < -0.4 is 15.4 Å². The molecule has 5 nitrogen and oxygen atoms in total. The molecular weight excluding hydrogens is 323 g/mol. The molecule has 0 saturated heterocycles. The predicted molar refractivity (Wildman–Crippen MR) is 93.2 cm³/mol. The fourth-order valence-corrected chi connectivity index (χ4v) is 2.79. The number of fused-ring (bicyclic) bond motifs is 1. The van der Waals surface area contributed by atoms with Crippen LogP contribution in [-0.2, 0) is 9.59 Å². The molecule has 25 heavy (non-hydrogen) atoms. The van der Waals surface area contributed by atoms with Crippen molar-refractivity contribution in [3.63, 3.8) is 0 Å². The van der Waals surface area contributed by atoms with Crippen LogP contribution in [0.5, 0.6) is 5.75 Å². The van der Waals surface area contributed by atoms with E-state index in [1.807, 2.05) is 13.8 Å². The molecule has 130 valence electrons. The maximum absolute atomic E-state index is 13.4. The number of nitrogens with one attached hydrogen (secondary N) is 2. The van der Waals surface area contributed by atoms with Crippen molar-refractivity contribution in [3.05, 3.63) is 53.8 Å². The Labute approximate surface area is 145 Å². The highest BCUT2D eigenvalue weighted by Crippen LogP contribution is 2.33. The lowest BCUT2D eigenvalue weighted by atomic mass is 9.89. The molecule has 1 atom stereocenters. The van der Waals surface area contributed by atoms with E-state index in [0.717, 1.165) is 0 Å². The first-order valence-electron chi connectivity index (χ1n) is 8.09. The third kappa shape index (κ3) is 3.96. The molecule has 2 amide bonds. The van der Waals surface area contributed by atoms with Crippen molar-refractivity contribution < 1.29 is 18.7 Å². The summed E-state index contributed by atoms with van der Waals surface area (Å²) in [6, 6.07) is 11.1. The predicted octanol–water partition coefficient (Wildman–Crippen LogP) is 3.68. The van der Waals surface area contributed by atoms with Crippen molar-refractivity contribution in [2.24, 2.45) is 0 Å². The fourth-order valence-electron chi connectivity index (χ4n) is 2.79. The minimum absolute atomic E-state index is 0.0268. The average molecular weight is 342 g/mol. The maximum atomic E-state index is 13.4. The van der Waals surface area contributed by atoms with E-state index in [1.165, 1.54) is 18.2 Å². The van der Waals surface area contributed by atoms with Crippen molar-refractivity contribution in [1.82, 2.24) is 0 Å². The number of rotatable bonds is 4. The van der Waals surface area contributed by atoms with Crippen LogP contribution in [0.3, 0.4) is 0 Å². The topological polar surface area (TPSA) is 67.4 Å². The summed E-state index contributed by atoms with van der Waals surface area (Å²) in [4.78, 5) is 24.4. The molecule has 1 heterocycles. The zero-order valence-corrected chi connectivity index (χ0v) is 14.0. The molecule has 2 N–H and O–H groups in total. The molecule has 0 fully saturated rings. The summed E-state index contributed by atoms with van der Waals surface area (Å²) in [5.74, 6) is -1.01. The fraction of sp³-hybridized carbons (Fsp3) is 0.263. The number of hydrogen-bond donors (Lipinski definition) is 2. The van der Waals surface area contributed by atoms with Gasteiger partial charge in [-0.3, -0.25) is 9.59 Å². The van der Waals surface area contributed by atoms with Gasteiger partial charge in [-0.1, -0.05) is 6.07 Å². The van der Waals surface area contributed by atoms with E-state index >= 15 is 0 Å². The van der Waals surface area contributed by atoms with Crippen molar-refractivity contribution in [1.29, 1.82) is 0 Å². The Balaban J connectivity index is 1.76. The lowest BCUT2D eigenvalue weighted by molar-refractivity contribution is -0.123. The van der Waals surface area contributed by atoms with Gasteiger partial charge in [0, 0.05) is 17.8 Å². The Hall–Kier alpha value is -2.89. The molecule has 1 aliphatic rings. The van der Waals surface area contributed by atoms with Crippen LogP contribution >= 0.6 is 0 Å². The Morgan fingerprint density at radius 3 is 2.64 bits per heavy atom. The number of anilines is 2. The Morgan fingerprint density at radius 2 is 1.96 bits per heavy atom. The van der Waals surface area contributed by atoms with Gasteiger partial charge in [0.1, 0.15) is 11.6 Å². The number of halogens is 1. The highest BCUT2D eigenvalue weighted by Gasteiger charge is 2.31. The van der Waals surface area contributed by atoms with Gasteiger partial charge in [-0.2, -0.15) is 0 Å². The zero-order chi connectivity index (χ0) is 18.0. The van der Waals surface area contributed by atoms with E-state index < -0.39 is 11.7 Å². The Bertz CT molecular complexity index is 803. The molecule has 0 aliphatic carbocycles. The van der Waals surface area contributed by atoms with Gasteiger partial charge in [-0.15, -0.1) is 0 Å². The van der Waals surface area contributed by atoms with Crippen LogP contribution in [-0.4, -0.2) is 17.9 Å². The summed E-state index contributed by atoms with van der Waals surface area (Å²) in [6.07, 6.45) is 0.0945. The third-order valence-electron chi connectivity index (χ3n) is 3.86. The highest BCUT2D eigenvalue weighted by atomic mass is 19.1. The number of ether oxygens (including phenoxy) is 1. The molecule has 0 aromatic heterocycles. The largest absolute Gasteiger partial charge is 0.491 e. The average Bonchev–Trinajstić information content (AvgIpc) is 2.55. The number of hydrogen-bond acceptors (Lipinski definition) is 3. The van der Waals surface area contributed by atoms with E-state index in [0.29, 0.717) is 22.7 Å². The molecule has 6 heteroatoms. The van der Waals surface area contributed by atoms with Crippen LogP contribution in [0.4, 0.5) is 15.8 Å². The summed E-state index contributed by atoms with van der Waals surface area (Å²) in [7, 11) is 0. The molecule has 0 saturated carbocycles. The smallest absolute Gasteiger partial charge is 0.232 e. The zero-order valence-electron chi connectivity index (χ0n) is 14.0. The maximum Gasteiger partial charge on any atom is 0.232 e. The van der Waals surface area contributed by atoms with Crippen LogP contribution in [0, 0.1) is 5.82 Å². The van der Waals surface area contributed by atoms with Gasteiger partial charge in [0.25, 0.3) is 0 Å². The minimum Gasteiger partial charge on any atom is -0.491 e. The Kier molecular flexibility index (Phi) is 4.70. The van der Waals surface area contributed by atoms with Crippen molar-refractivity contribution >= 4 is 23.2 Å². The third-order valence-corrected chi connectivity index (χ3v) is 3.86. The van der Waals surface area contributed by atoms with Crippen molar-refractivity contribution in [2.75, 3.05) is 10.6 Å². The summed E-state index contributed by atoms with van der Waals surface area (Å²) in [6.45, 7) is 3.87. The normalized spacial score (nSPS) is 16.2. The summed E-state index contributed by atoms with van der Waals surface area (Å²) >= 11 is 0. The Morgan fingerprint density at radius 1 is 1.24 bits per heavy atom. The summed E-state index contributed by atoms with van der Waals surface area (Å²) in [5, 5.41) is 5.40. The standard InChI is InChI=1S/C19H19FN2O3/c1-11(2)25-14-6-4-13(5-7-14)21-19(24)16-10-18(23)22-17-9-12(20)3-8-15(16)17/h3-9,11,16H,10H2,1-2H3,(H,21,24)(H,22,23).